The van der Waals surface area contributed by atoms with Gasteiger partial charge in [0.15, 0.2) is 0 Å². The van der Waals surface area contributed by atoms with Crippen LogP contribution >= 0.6 is 0 Å². The highest BCUT2D eigenvalue weighted by atomic mass is 16.2. The second kappa shape index (κ2) is 6.74. The van der Waals surface area contributed by atoms with Gasteiger partial charge in [0.2, 0.25) is 11.8 Å². The van der Waals surface area contributed by atoms with Crippen LogP contribution in [0.3, 0.4) is 0 Å². The third-order valence-corrected chi connectivity index (χ3v) is 3.86. The zero-order chi connectivity index (χ0) is 15.4. The van der Waals surface area contributed by atoms with Crippen LogP contribution < -0.4 is 10.6 Å². The Morgan fingerprint density at radius 2 is 1.62 bits per heavy atom. The van der Waals surface area contributed by atoms with E-state index in [0.717, 1.165) is 18.4 Å². The SMILES string of the molecule is CC(C)NC(=O)C(NC(=O)C(C)C1CC1)c1ccccc1. The van der Waals surface area contributed by atoms with Crippen molar-refractivity contribution in [3.05, 3.63) is 35.9 Å². The van der Waals surface area contributed by atoms with E-state index < -0.39 is 6.04 Å². The first-order valence-corrected chi connectivity index (χ1v) is 7.64. The number of carbonyl (C=O) groups is 2. The summed E-state index contributed by atoms with van der Waals surface area (Å²) in [4.78, 5) is 24.7. The Labute approximate surface area is 126 Å². The van der Waals surface area contributed by atoms with Crippen molar-refractivity contribution in [2.24, 2.45) is 11.8 Å². The van der Waals surface area contributed by atoms with E-state index in [0.29, 0.717) is 5.92 Å². The lowest BCUT2D eigenvalue weighted by Gasteiger charge is -2.22. The molecule has 0 saturated heterocycles. The lowest BCUT2D eigenvalue weighted by Crippen LogP contribution is -2.44. The lowest BCUT2D eigenvalue weighted by atomic mass is 10.0. The summed E-state index contributed by atoms with van der Waals surface area (Å²) in [5.74, 6) is 0.260. The molecule has 21 heavy (non-hydrogen) atoms. The number of carbonyl (C=O) groups excluding carboxylic acids is 2. The van der Waals surface area contributed by atoms with E-state index in [2.05, 4.69) is 10.6 Å². The van der Waals surface area contributed by atoms with E-state index in [9.17, 15) is 9.59 Å². The molecule has 1 saturated carbocycles. The first-order chi connectivity index (χ1) is 9.99. The minimum Gasteiger partial charge on any atom is -0.352 e. The van der Waals surface area contributed by atoms with Crippen molar-refractivity contribution >= 4 is 11.8 Å². The molecule has 1 aromatic carbocycles. The molecule has 0 spiro atoms. The Bertz CT molecular complexity index is 495. The van der Waals surface area contributed by atoms with E-state index in [1.165, 1.54) is 0 Å². The van der Waals surface area contributed by atoms with Crippen molar-refractivity contribution in [1.82, 2.24) is 10.6 Å². The molecule has 0 bridgehead atoms. The van der Waals surface area contributed by atoms with Gasteiger partial charge in [0, 0.05) is 12.0 Å². The van der Waals surface area contributed by atoms with Crippen molar-refractivity contribution < 1.29 is 9.59 Å². The van der Waals surface area contributed by atoms with E-state index in [-0.39, 0.29) is 23.8 Å². The van der Waals surface area contributed by atoms with Crippen LogP contribution in [-0.4, -0.2) is 17.9 Å². The van der Waals surface area contributed by atoms with Gasteiger partial charge in [-0.3, -0.25) is 9.59 Å². The minimum atomic E-state index is -0.623. The Morgan fingerprint density at radius 1 is 1.00 bits per heavy atom. The van der Waals surface area contributed by atoms with Crippen LogP contribution in [0.5, 0.6) is 0 Å². The van der Waals surface area contributed by atoms with Gasteiger partial charge < -0.3 is 10.6 Å². The van der Waals surface area contributed by atoms with Gasteiger partial charge in [-0.15, -0.1) is 0 Å². The van der Waals surface area contributed by atoms with Gasteiger partial charge in [0.25, 0.3) is 0 Å². The van der Waals surface area contributed by atoms with Crippen LogP contribution in [0.1, 0.15) is 45.2 Å². The number of benzene rings is 1. The van der Waals surface area contributed by atoms with Crippen LogP contribution in [0, 0.1) is 11.8 Å². The fourth-order valence-electron chi connectivity index (χ4n) is 2.40. The summed E-state index contributed by atoms with van der Waals surface area (Å²) in [6.45, 7) is 5.76. The molecule has 1 fully saturated rings. The van der Waals surface area contributed by atoms with E-state index in [4.69, 9.17) is 0 Å². The predicted molar refractivity (Wildman–Crippen MR) is 82.5 cm³/mol. The first-order valence-electron chi connectivity index (χ1n) is 7.64. The van der Waals surface area contributed by atoms with Crippen LogP contribution in [0.15, 0.2) is 30.3 Å². The molecule has 2 rings (SSSR count). The van der Waals surface area contributed by atoms with E-state index >= 15 is 0 Å². The molecule has 1 aliphatic rings. The molecule has 0 aliphatic heterocycles. The Morgan fingerprint density at radius 3 is 2.14 bits per heavy atom. The summed E-state index contributed by atoms with van der Waals surface area (Å²) >= 11 is 0. The summed E-state index contributed by atoms with van der Waals surface area (Å²) < 4.78 is 0. The topological polar surface area (TPSA) is 58.2 Å². The van der Waals surface area contributed by atoms with Crippen LogP contribution in [0.25, 0.3) is 0 Å². The summed E-state index contributed by atoms with van der Waals surface area (Å²) in [5, 5.41) is 5.79. The van der Waals surface area contributed by atoms with Gasteiger partial charge in [-0.25, -0.2) is 0 Å². The monoisotopic (exact) mass is 288 g/mol. The normalized spacial score (nSPS) is 17.1. The minimum absolute atomic E-state index is 0.0249. The van der Waals surface area contributed by atoms with Gasteiger partial charge in [-0.2, -0.15) is 0 Å². The molecule has 4 heteroatoms. The zero-order valence-electron chi connectivity index (χ0n) is 12.9. The number of amides is 2. The van der Waals surface area contributed by atoms with Crippen molar-refractivity contribution in [2.75, 3.05) is 0 Å². The van der Waals surface area contributed by atoms with E-state index in [1.807, 2.05) is 51.1 Å². The lowest BCUT2D eigenvalue weighted by molar-refractivity contribution is -0.131. The summed E-state index contributed by atoms with van der Waals surface area (Å²) in [5.41, 5.74) is 0.812. The van der Waals surface area contributed by atoms with Gasteiger partial charge in [0.05, 0.1) is 0 Å². The number of nitrogens with one attached hydrogen (secondary N) is 2. The Balaban J connectivity index is 2.11. The maximum Gasteiger partial charge on any atom is 0.247 e. The van der Waals surface area contributed by atoms with Crippen molar-refractivity contribution in [1.29, 1.82) is 0 Å². The summed E-state index contributed by atoms with van der Waals surface area (Å²) in [6.07, 6.45) is 2.23. The van der Waals surface area contributed by atoms with Crippen LogP contribution in [0.2, 0.25) is 0 Å². The number of rotatable bonds is 6. The average Bonchev–Trinajstić information content (AvgIpc) is 3.28. The standard InChI is InChI=1S/C17H24N2O2/c1-11(2)18-17(21)15(14-7-5-4-6-8-14)19-16(20)12(3)13-9-10-13/h4-8,11-13,15H,9-10H2,1-3H3,(H,18,21)(H,19,20). The fraction of sp³-hybridized carbons (Fsp3) is 0.529. The molecule has 4 nitrogen and oxygen atoms in total. The van der Waals surface area contributed by atoms with Gasteiger partial charge in [0.1, 0.15) is 6.04 Å². The molecule has 1 aromatic rings. The smallest absolute Gasteiger partial charge is 0.247 e. The highest BCUT2D eigenvalue weighted by molar-refractivity contribution is 5.89. The second-order valence-corrected chi connectivity index (χ2v) is 6.14. The Kier molecular flexibility index (Phi) is 4.99. The maximum absolute atomic E-state index is 12.4. The van der Waals surface area contributed by atoms with Gasteiger partial charge in [-0.05, 0) is 38.2 Å². The zero-order valence-corrected chi connectivity index (χ0v) is 12.9. The molecular weight excluding hydrogens is 264 g/mol. The molecule has 0 aromatic heterocycles. The molecule has 0 radical (unpaired) electrons. The van der Waals surface area contributed by atoms with E-state index in [1.54, 1.807) is 0 Å². The molecule has 1 aliphatic carbocycles. The average molecular weight is 288 g/mol. The van der Waals surface area contributed by atoms with Crippen molar-refractivity contribution in [2.45, 2.75) is 45.7 Å². The predicted octanol–water partition coefficient (Wildman–Crippen LogP) is 2.41. The van der Waals surface area contributed by atoms with Crippen molar-refractivity contribution in [3.8, 4) is 0 Å². The van der Waals surface area contributed by atoms with Crippen molar-refractivity contribution in [3.63, 3.8) is 0 Å². The largest absolute Gasteiger partial charge is 0.352 e. The molecular formula is C17H24N2O2. The summed E-state index contributed by atoms with van der Waals surface area (Å²) in [7, 11) is 0. The molecule has 0 heterocycles. The Hall–Kier alpha value is -1.84. The number of hydrogen-bond acceptors (Lipinski definition) is 2. The third-order valence-electron chi connectivity index (χ3n) is 3.86. The molecule has 2 atom stereocenters. The van der Waals surface area contributed by atoms with Crippen LogP contribution in [0.4, 0.5) is 0 Å². The highest BCUT2D eigenvalue weighted by Gasteiger charge is 2.34. The van der Waals surface area contributed by atoms with Gasteiger partial charge in [-0.1, -0.05) is 37.3 Å². The van der Waals surface area contributed by atoms with Crippen LogP contribution in [-0.2, 0) is 9.59 Å². The summed E-state index contributed by atoms with van der Waals surface area (Å²) in [6, 6.07) is 8.81. The molecule has 2 amide bonds. The number of hydrogen-bond donors (Lipinski definition) is 2. The molecule has 114 valence electrons. The molecule has 2 unspecified atom stereocenters. The molecule has 2 N–H and O–H groups in total. The quantitative estimate of drug-likeness (QED) is 0.844. The fourth-order valence-corrected chi connectivity index (χ4v) is 2.40. The maximum atomic E-state index is 12.4. The third kappa shape index (κ3) is 4.31. The highest BCUT2D eigenvalue weighted by Crippen LogP contribution is 2.36. The van der Waals surface area contributed by atoms with Gasteiger partial charge >= 0.3 is 0 Å². The first kappa shape index (κ1) is 15.5. The second-order valence-electron chi connectivity index (χ2n) is 6.14.